The van der Waals surface area contributed by atoms with Gasteiger partial charge in [-0.1, -0.05) is 45.1 Å². The Balaban J connectivity index is 2.60. The zero-order valence-electron chi connectivity index (χ0n) is 24.6. The summed E-state index contributed by atoms with van der Waals surface area (Å²) in [6.07, 6.45) is 6.08. The van der Waals surface area contributed by atoms with E-state index in [1.807, 2.05) is 26.8 Å². The van der Waals surface area contributed by atoms with Crippen molar-refractivity contribution in [1.29, 1.82) is 0 Å². The van der Waals surface area contributed by atoms with E-state index in [0.717, 1.165) is 11.6 Å². The molecule has 0 aromatic carbocycles. The highest BCUT2D eigenvalue weighted by Crippen LogP contribution is 2.31. The van der Waals surface area contributed by atoms with Crippen LogP contribution in [0.1, 0.15) is 47.5 Å². The van der Waals surface area contributed by atoms with E-state index in [4.69, 9.17) is 24.7 Å². The number of fused-ring (bicyclic) bond motifs is 2. The molecular formula is C30H42N2O8. The lowest BCUT2D eigenvalue weighted by Crippen LogP contribution is -2.35. The molecule has 220 valence electrons. The molecule has 0 radical (unpaired) electrons. The number of hydrogen-bond donors (Lipinski definition) is 2. The standard InChI is InChI=1S/C30H42N2O8/c1-16-12-21-26(34)22(15-23(33)28(21)39-8)32-29(35)17(2)10-9-11-24(37-6)27(40-30(31)36)19(4)14-18(3)20(5)25(13-16)38-7/h9-11,14-16,18,20,24-25,27H,12-13H2,1-8H3,(H2,31,36)(H,32,35)/b11-9+,17-10+,19-14+/t16-,18+,20-,24+,25+,27+/m1/s1. The molecule has 2 aliphatic rings. The molecular weight excluding hydrogens is 516 g/mol. The van der Waals surface area contributed by atoms with E-state index in [2.05, 4.69) is 12.2 Å². The Morgan fingerprint density at radius 3 is 2.30 bits per heavy atom. The number of carbonyl (C=O) groups excluding carboxylic acids is 4. The van der Waals surface area contributed by atoms with Gasteiger partial charge in [0.25, 0.3) is 5.91 Å². The number of ketones is 2. The first-order chi connectivity index (χ1) is 18.8. The van der Waals surface area contributed by atoms with Gasteiger partial charge in [-0.15, -0.1) is 0 Å². The van der Waals surface area contributed by atoms with Crippen molar-refractivity contribution in [2.45, 2.75) is 65.8 Å². The first-order valence-corrected chi connectivity index (χ1v) is 13.3. The first kappa shape index (κ1) is 32.7. The second kappa shape index (κ2) is 14.8. The van der Waals surface area contributed by atoms with E-state index in [1.165, 1.54) is 20.3 Å². The topological polar surface area (TPSA) is 143 Å². The van der Waals surface area contributed by atoms with Crippen LogP contribution in [-0.4, -0.2) is 63.2 Å². The van der Waals surface area contributed by atoms with Crippen molar-refractivity contribution < 1.29 is 38.1 Å². The van der Waals surface area contributed by atoms with E-state index in [-0.39, 0.29) is 52.9 Å². The van der Waals surface area contributed by atoms with Crippen molar-refractivity contribution in [3.63, 3.8) is 0 Å². The van der Waals surface area contributed by atoms with Crippen LogP contribution in [0.5, 0.6) is 0 Å². The van der Waals surface area contributed by atoms with E-state index < -0.39 is 35.8 Å². The average molecular weight is 559 g/mol. The molecule has 0 unspecified atom stereocenters. The fourth-order valence-electron chi connectivity index (χ4n) is 4.99. The van der Waals surface area contributed by atoms with Gasteiger partial charge in [0.2, 0.25) is 11.6 Å². The van der Waals surface area contributed by atoms with Crippen molar-refractivity contribution in [3.8, 4) is 0 Å². The Morgan fingerprint density at radius 1 is 1.05 bits per heavy atom. The van der Waals surface area contributed by atoms with E-state index in [9.17, 15) is 19.2 Å². The number of methoxy groups -OCH3 is 3. The quantitative estimate of drug-likeness (QED) is 0.393. The minimum absolute atomic E-state index is 0.00448. The van der Waals surface area contributed by atoms with Crippen LogP contribution in [0.4, 0.5) is 4.79 Å². The molecule has 0 saturated carbocycles. The number of primary amides is 1. The molecule has 0 aromatic rings. The highest BCUT2D eigenvalue weighted by atomic mass is 16.6. The van der Waals surface area contributed by atoms with Gasteiger partial charge in [-0.2, -0.15) is 0 Å². The van der Waals surface area contributed by atoms with Gasteiger partial charge in [-0.3, -0.25) is 14.4 Å². The van der Waals surface area contributed by atoms with Crippen molar-refractivity contribution >= 4 is 23.6 Å². The number of ether oxygens (including phenoxy) is 4. The van der Waals surface area contributed by atoms with Gasteiger partial charge in [0.15, 0.2) is 11.9 Å². The van der Waals surface area contributed by atoms with Gasteiger partial charge in [-0.25, -0.2) is 4.79 Å². The van der Waals surface area contributed by atoms with Crippen molar-refractivity contribution in [1.82, 2.24) is 5.32 Å². The normalized spacial score (nSPS) is 32.7. The number of rotatable bonds is 4. The Labute approximate surface area is 236 Å². The Hall–Kier alpha value is -3.50. The molecule has 2 rings (SSSR count). The molecule has 1 heterocycles. The SMILES string of the molecule is COC1=C2C[C@@H](C)C[C@H](OC)[C@H](C)[C@@H](C)/C=C(\C)[C@H](OC(N)=O)[C@@H](OC)/C=C/C=C(\C)C(=O)NC(=CC1=O)C2=O. The van der Waals surface area contributed by atoms with Crippen LogP contribution in [0, 0.1) is 17.8 Å². The Kier molecular flexibility index (Phi) is 12.1. The summed E-state index contributed by atoms with van der Waals surface area (Å²) in [4.78, 5) is 50.8. The fraction of sp³-hybridized carbons (Fsp3) is 0.533. The summed E-state index contributed by atoms with van der Waals surface area (Å²) in [6, 6.07) is 0. The van der Waals surface area contributed by atoms with Crippen molar-refractivity contribution in [2.24, 2.45) is 23.5 Å². The lowest BCUT2D eigenvalue weighted by Gasteiger charge is -2.30. The average Bonchev–Trinajstić information content (AvgIpc) is 2.90. The van der Waals surface area contributed by atoms with Gasteiger partial charge >= 0.3 is 6.09 Å². The Bertz CT molecular complexity index is 1150. The molecule has 2 bridgehead atoms. The van der Waals surface area contributed by atoms with E-state index in [0.29, 0.717) is 6.42 Å². The minimum atomic E-state index is -0.940. The van der Waals surface area contributed by atoms with Gasteiger partial charge in [0.1, 0.15) is 6.10 Å². The molecule has 1 aliphatic heterocycles. The van der Waals surface area contributed by atoms with Gasteiger partial charge < -0.3 is 30.0 Å². The van der Waals surface area contributed by atoms with Crippen LogP contribution >= 0.6 is 0 Å². The van der Waals surface area contributed by atoms with Crippen LogP contribution in [0.3, 0.4) is 0 Å². The number of hydrogen-bond acceptors (Lipinski definition) is 8. The molecule has 10 nitrogen and oxygen atoms in total. The summed E-state index contributed by atoms with van der Waals surface area (Å²) < 4.78 is 22.2. The maximum atomic E-state index is 13.4. The third kappa shape index (κ3) is 8.25. The lowest BCUT2D eigenvalue weighted by molar-refractivity contribution is -0.120. The molecule has 0 aromatic heterocycles. The third-order valence-corrected chi connectivity index (χ3v) is 7.44. The Morgan fingerprint density at radius 2 is 1.73 bits per heavy atom. The number of amides is 2. The fourth-order valence-corrected chi connectivity index (χ4v) is 4.99. The highest BCUT2D eigenvalue weighted by Gasteiger charge is 2.33. The molecule has 2 amide bonds. The monoisotopic (exact) mass is 558 g/mol. The number of nitrogens with two attached hydrogens (primary N) is 1. The second-order valence-corrected chi connectivity index (χ2v) is 10.5. The van der Waals surface area contributed by atoms with Crippen LogP contribution < -0.4 is 11.1 Å². The number of nitrogens with one attached hydrogen (secondary N) is 1. The van der Waals surface area contributed by atoms with Gasteiger partial charge in [-0.05, 0) is 50.0 Å². The maximum Gasteiger partial charge on any atom is 0.405 e. The van der Waals surface area contributed by atoms with Crippen LogP contribution in [-0.2, 0) is 33.3 Å². The minimum Gasteiger partial charge on any atom is -0.492 e. The molecule has 0 spiro atoms. The molecule has 3 N–H and O–H groups in total. The first-order valence-electron chi connectivity index (χ1n) is 13.3. The predicted molar refractivity (Wildman–Crippen MR) is 150 cm³/mol. The summed E-state index contributed by atoms with van der Waals surface area (Å²) >= 11 is 0. The summed E-state index contributed by atoms with van der Waals surface area (Å²) in [6.45, 7) is 9.49. The van der Waals surface area contributed by atoms with Crippen LogP contribution in [0.25, 0.3) is 0 Å². The van der Waals surface area contributed by atoms with Crippen LogP contribution in [0.2, 0.25) is 0 Å². The highest BCUT2D eigenvalue weighted by molar-refractivity contribution is 6.23. The molecule has 1 aliphatic carbocycles. The largest absolute Gasteiger partial charge is 0.492 e. The van der Waals surface area contributed by atoms with E-state index in [1.54, 1.807) is 26.2 Å². The maximum absolute atomic E-state index is 13.4. The van der Waals surface area contributed by atoms with E-state index >= 15 is 0 Å². The molecule has 0 fully saturated rings. The van der Waals surface area contributed by atoms with Gasteiger partial charge in [0, 0.05) is 31.4 Å². The summed E-state index contributed by atoms with van der Waals surface area (Å²) in [5.41, 5.74) is 6.50. The molecule has 10 heteroatoms. The summed E-state index contributed by atoms with van der Waals surface area (Å²) in [5.74, 6) is -1.54. The number of Topliss-reactive ketones (excluding diaryl/α,β-unsaturated/α-hetero) is 1. The van der Waals surface area contributed by atoms with Crippen molar-refractivity contribution in [3.05, 3.63) is 58.6 Å². The third-order valence-electron chi connectivity index (χ3n) is 7.44. The zero-order valence-corrected chi connectivity index (χ0v) is 24.6. The zero-order chi connectivity index (χ0) is 30.1. The van der Waals surface area contributed by atoms with Gasteiger partial charge in [0.05, 0.1) is 18.9 Å². The van der Waals surface area contributed by atoms with Crippen LogP contribution in [0.15, 0.2) is 58.6 Å². The molecule has 40 heavy (non-hydrogen) atoms. The summed E-state index contributed by atoms with van der Waals surface area (Å²) in [7, 11) is 4.46. The smallest absolute Gasteiger partial charge is 0.405 e. The lowest BCUT2D eigenvalue weighted by atomic mass is 9.82. The predicted octanol–water partition coefficient (Wildman–Crippen LogP) is 3.68. The molecule has 0 saturated heterocycles. The summed E-state index contributed by atoms with van der Waals surface area (Å²) in [5, 5.41) is 2.56. The number of allylic oxidation sites excluding steroid dienone is 5. The van der Waals surface area contributed by atoms with Crippen molar-refractivity contribution in [2.75, 3.05) is 21.3 Å². The number of carbonyl (C=O) groups is 4. The molecule has 6 atom stereocenters. The second-order valence-electron chi connectivity index (χ2n) is 10.5.